The Kier molecular flexibility index (Phi) is 3.28. The van der Waals surface area contributed by atoms with Crippen LogP contribution in [-0.2, 0) is 0 Å². The number of carbonyl (C=O) groups excluding carboxylic acids is 1. The van der Waals surface area contributed by atoms with Crippen LogP contribution in [0.3, 0.4) is 0 Å². The molecular formula is C14H15NO2. The predicted molar refractivity (Wildman–Crippen MR) is 66.7 cm³/mol. The molecule has 0 spiro atoms. The first-order chi connectivity index (χ1) is 8.18. The smallest absolute Gasteiger partial charge is 0.287 e. The molecule has 0 unspecified atom stereocenters. The molecule has 17 heavy (non-hydrogen) atoms. The van der Waals surface area contributed by atoms with E-state index < -0.39 is 0 Å². The van der Waals surface area contributed by atoms with Gasteiger partial charge in [-0.15, -0.1) is 0 Å². The van der Waals surface area contributed by atoms with Gasteiger partial charge in [0.15, 0.2) is 5.76 Å². The summed E-state index contributed by atoms with van der Waals surface area (Å²) in [5, 5.41) is 2.82. The van der Waals surface area contributed by atoms with Crippen molar-refractivity contribution in [3.8, 4) is 11.1 Å². The first-order valence-electron chi connectivity index (χ1n) is 5.62. The zero-order chi connectivity index (χ0) is 12.3. The number of benzene rings is 1. The Hall–Kier alpha value is -2.03. The number of rotatable bonds is 3. The SMILES string of the molecule is CC(C)NC(=O)c1occc1-c1ccccc1. The molecule has 0 aliphatic carbocycles. The van der Waals surface area contributed by atoms with Gasteiger partial charge in [0, 0.05) is 11.6 Å². The van der Waals surface area contributed by atoms with Gasteiger partial charge in [-0.25, -0.2) is 0 Å². The van der Waals surface area contributed by atoms with Crippen LogP contribution in [0.25, 0.3) is 11.1 Å². The molecule has 1 amide bonds. The maximum atomic E-state index is 11.9. The van der Waals surface area contributed by atoms with Crippen molar-refractivity contribution < 1.29 is 9.21 Å². The summed E-state index contributed by atoms with van der Waals surface area (Å²) in [5.41, 5.74) is 1.80. The van der Waals surface area contributed by atoms with E-state index in [0.717, 1.165) is 11.1 Å². The minimum absolute atomic E-state index is 0.0937. The molecule has 0 aliphatic heterocycles. The molecule has 3 heteroatoms. The molecule has 88 valence electrons. The van der Waals surface area contributed by atoms with Gasteiger partial charge in [-0.1, -0.05) is 30.3 Å². The lowest BCUT2D eigenvalue weighted by atomic mass is 10.1. The summed E-state index contributed by atoms with van der Waals surface area (Å²) < 4.78 is 5.27. The van der Waals surface area contributed by atoms with Crippen LogP contribution in [0.5, 0.6) is 0 Å². The fourth-order valence-electron chi connectivity index (χ4n) is 1.66. The van der Waals surface area contributed by atoms with E-state index in [1.54, 1.807) is 0 Å². The van der Waals surface area contributed by atoms with Crippen LogP contribution >= 0.6 is 0 Å². The second kappa shape index (κ2) is 4.87. The maximum absolute atomic E-state index is 11.9. The standard InChI is InChI=1S/C14H15NO2/c1-10(2)15-14(16)13-12(8-9-17-13)11-6-4-3-5-7-11/h3-10H,1-2H3,(H,15,16). The molecule has 0 fully saturated rings. The quantitative estimate of drug-likeness (QED) is 0.878. The summed E-state index contributed by atoms with van der Waals surface area (Å²) in [7, 11) is 0. The Morgan fingerprint density at radius 2 is 1.88 bits per heavy atom. The van der Waals surface area contributed by atoms with E-state index in [0.29, 0.717) is 5.76 Å². The number of hydrogen-bond acceptors (Lipinski definition) is 2. The van der Waals surface area contributed by atoms with Crippen LogP contribution in [0.4, 0.5) is 0 Å². The van der Waals surface area contributed by atoms with Gasteiger partial charge in [0.2, 0.25) is 0 Å². The normalized spacial score (nSPS) is 10.5. The van der Waals surface area contributed by atoms with E-state index in [1.165, 1.54) is 6.26 Å². The fourth-order valence-corrected chi connectivity index (χ4v) is 1.66. The Balaban J connectivity index is 2.32. The lowest BCUT2D eigenvalue weighted by molar-refractivity contribution is 0.0916. The number of furan rings is 1. The zero-order valence-electron chi connectivity index (χ0n) is 9.94. The molecule has 0 saturated carbocycles. The molecule has 3 nitrogen and oxygen atoms in total. The highest BCUT2D eigenvalue weighted by molar-refractivity contribution is 5.98. The van der Waals surface area contributed by atoms with Gasteiger partial charge in [-0.2, -0.15) is 0 Å². The Morgan fingerprint density at radius 1 is 1.18 bits per heavy atom. The molecule has 0 radical (unpaired) electrons. The van der Waals surface area contributed by atoms with E-state index in [-0.39, 0.29) is 11.9 Å². The molecule has 2 aromatic rings. The lowest BCUT2D eigenvalue weighted by Gasteiger charge is -2.07. The fraction of sp³-hybridized carbons (Fsp3) is 0.214. The van der Waals surface area contributed by atoms with Crippen LogP contribution in [0, 0.1) is 0 Å². The third kappa shape index (κ3) is 2.56. The molecule has 0 saturated heterocycles. The van der Waals surface area contributed by atoms with Crippen molar-refractivity contribution in [1.82, 2.24) is 5.32 Å². The molecule has 1 aromatic heterocycles. The summed E-state index contributed by atoms with van der Waals surface area (Å²) in [6.07, 6.45) is 1.54. The Labute approximate surface area is 100 Å². The van der Waals surface area contributed by atoms with Crippen molar-refractivity contribution in [2.45, 2.75) is 19.9 Å². The summed E-state index contributed by atoms with van der Waals surface area (Å²) in [5.74, 6) is 0.189. The van der Waals surface area contributed by atoms with E-state index in [4.69, 9.17) is 4.42 Å². The van der Waals surface area contributed by atoms with E-state index in [9.17, 15) is 4.79 Å². The molecule has 1 N–H and O–H groups in total. The lowest BCUT2D eigenvalue weighted by Crippen LogP contribution is -2.30. The molecule has 2 rings (SSSR count). The summed E-state index contributed by atoms with van der Waals surface area (Å²) in [4.78, 5) is 11.9. The molecule has 1 heterocycles. The van der Waals surface area contributed by atoms with E-state index in [2.05, 4.69) is 5.32 Å². The summed E-state index contributed by atoms with van der Waals surface area (Å²) in [6.45, 7) is 3.84. The van der Waals surface area contributed by atoms with Gasteiger partial charge < -0.3 is 9.73 Å². The first kappa shape index (κ1) is 11.5. The van der Waals surface area contributed by atoms with Crippen LogP contribution in [0.2, 0.25) is 0 Å². The Bertz CT molecular complexity index is 500. The molecule has 0 atom stereocenters. The van der Waals surface area contributed by atoms with Crippen molar-refractivity contribution in [3.05, 3.63) is 48.4 Å². The van der Waals surface area contributed by atoms with E-state index in [1.807, 2.05) is 50.2 Å². The Morgan fingerprint density at radius 3 is 2.53 bits per heavy atom. The number of hydrogen-bond donors (Lipinski definition) is 1. The van der Waals surface area contributed by atoms with Crippen LogP contribution in [0.1, 0.15) is 24.4 Å². The van der Waals surface area contributed by atoms with Gasteiger partial charge in [0.25, 0.3) is 5.91 Å². The van der Waals surface area contributed by atoms with Crippen molar-refractivity contribution in [3.63, 3.8) is 0 Å². The second-order valence-corrected chi connectivity index (χ2v) is 4.16. The van der Waals surface area contributed by atoms with Gasteiger partial charge >= 0.3 is 0 Å². The highest BCUT2D eigenvalue weighted by Crippen LogP contribution is 2.24. The molecule has 0 aliphatic rings. The number of amides is 1. The van der Waals surface area contributed by atoms with Crippen LogP contribution in [-0.4, -0.2) is 11.9 Å². The third-order valence-corrected chi connectivity index (χ3v) is 2.38. The molecule has 0 bridgehead atoms. The van der Waals surface area contributed by atoms with Crippen LogP contribution < -0.4 is 5.32 Å². The molecular weight excluding hydrogens is 214 g/mol. The van der Waals surface area contributed by atoms with Gasteiger partial charge in [-0.05, 0) is 25.5 Å². The van der Waals surface area contributed by atoms with Crippen molar-refractivity contribution >= 4 is 5.91 Å². The third-order valence-electron chi connectivity index (χ3n) is 2.38. The second-order valence-electron chi connectivity index (χ2n) is 4.16. The summed E-state index contributed by atoms with van der Waals surface area (Å²) in [6, 6.07) is 11.6. The van der Waals surface area contributed by atoms with Crippen molar-refractivity contribution in [1.29, 1.82) is 0 Å². The van der Waals surface area contributed by atoms with Crippen molar-refractivity contribution in [2.24, 2.45) is 0 Å². The van der Waals surface area contributed by atoms with Gasteiger partial charge in [0.05, 0.1) is 6.26 Å². The number of nitrogens with one attached hydrogen (secondary N) is 1. The maximum Gasteiger partial charge on any atom is 0.287 e. The van der Waals surface area contributed by atoms with E-state index >= 15 is 0 Å². The predicted octanol–water partition coefficient (Wildman–Crippen LogP) is 3.08. The average molecular weight is 229 g/mol. The highest BCUT2D eigenvalue weighted by Gasteiger charge is 2.16. The topological polar surface area (TPSA) is 42.2 Å². The monoisotopic (exact) mass is 229 g/mol. The molecule has 1 aromatic carbocycles. The minimum Gasteiger partial charge on any atom is -0.459 e. The highest BCUT2D eigenvalue weighted by atomic mass is 16.3. The minimum atomic E-state index is -0.177. The average Bonchev–Trinajstić information content (AvgIpc) is 2.78. The zero-order valence-corrected chi connectivity index (χ0v) is 9.94. The number of carbonyl (C=O) groups is 1. The first-order valence-corrected chi connectivity index (χ1v) is 5.62. The largest absolute Gasteiger partial charge is 0.459 e. The van der Waals surface area contributed by atoms with Crippen molar-refractivity contribution in [2.75, 3.05) is 0 Å². The summed E-state index contributed by atoms with van der Waals surface area (Å²) >= 11 is 0. The van der Waals surface area contributed by atoms with Gasteiger partial charge in [-0.3, -0.25) is 4.79 Å². The van der Waals surface area contributed by atoms with Crippen LogP contribution in [0.15, 0.2) is 47.1 Å². The van der Waals surface area contributed by atoms with Gasteiger partial charge in [0.1, 0.15) is 0 Å².